The predicted octanol–water partition coefficient (Wildman–Crippen LogP) is 1.15. The number of hydrogen-bond acceptors (Lipinski definition) is 4. The van der Waals surface area contributed by atoms with Crippen molar-refractivity contribution in [2.24, 2.45) is 0 Å². The van der Waals surface area contributed by atoms with E-state index in [4.69, 9.17) is 9.57 Å². The van der Waals surface area contributed by atoms with Crippen LogP contribution in [0.15, 0.2) is 22.9 Å². The summed E-state index contributed by atoms with van der Waals surface area (Å²) in [5.74, 6) is -0.333. The minimum Gasteiger partial charge on any atom is -0.382 e. The minimum atomic E-state index is -0.333. The molecular weight excluding hydrogens is 264 g/mol. The lowest BCUT2D eigenvalue weighted by Crippen LogP contribution is -2.25. The average molecular weight is 275 g/mol. The number of pyridine rings is 1. The zero-order valence-corrected chi connectivity index (χ0v) is 9.78. The number of ether oxygens (including phenoxy) is 1. The van der Waals surface area contributed by atoms with Crippen molar-refractivity contribution < 1.29 is 14.4 Å². The summed E-state index contributed by atoms with van der Waals surface area (Å²) in [4.78, 5) is 20.1. The van der Waals surface area contributed by atoms with E-state index < -0.39 is 0 Å². The Morgan fingerprint density at radius 2 is 2.33 bits per heavy atom. The third-order valence-corrected chi connectivity index (χ3v) is 1.96. The van der Waals surface area contributed by atoms with Crippen molar-refractivity contribution in [2.45, 2.75) is 0 Å². The highest BCUT2D eigenvalue weighted by atomic mass is 79.9. The van der Waals surface area contributed by atoms with Crippen molar-refractivity contribution in [1.29, 1.82) is 0 Å². The first-order valence-electron chi connectivity index (χ1n) is 4.25. The SMILES string of the molecule is COCCONC(=O)c1cncc(Br)c1. The monoisotopic (exact) mass is 274 g/mol. The summed E-state index contributed by atoms with van der Waals surface area (Å²) in [7, 11) is 1.56. The van der Waals surface area contributed by atoms with Crippen LogP contribution in [0.1, 0.15) is 10.4 Å². The van der Waals surface area contributed by atoms with E-state index in [0.717, 1.165) is 4.47 Å². The number of aromatic nitrogens is 1. The fourth-order valence-corrected chi connectivity index (χ4v) is 1.20. The second-order valence-corrected chi connectivity index (χ2v) is 3.58. The molecule has 5 nitrogen and oxygen atoms in total. The molecule has 1 aromatic rings. The summed E-state index contributed by atoms with van der Waals surface area (Å²) in [6.45, 7) is 0.737. The van der Waals surface area contributed by atoms with E-state index in [9.17, 15) is 4.79 Å². The number of halogens is 1. The largest absolute Gasteiger partial charge is 0.382 e. The second kappa shape index (κ2) is 6.49. The van der Waals surface area contributed by atoms with Crippen molar-refractivity contribution in [3.8, 4) is 0 Å². The van der Waals surface area contributed by atoms with Crippen molar-refractivity contribution in [3.63, 3.8) is 0 Å². The van der Waals surface area contributed by atoms with Gasteiger partial charge >= 0.3 is 0 Å². The molecule has 1 amide bonds. The number of hydrogen-bond donors (Lipinski definition) is 1. The molecule has 15 heavy (non-hydrogen) atoms. The van der Waals surface area contributed by atoms with Gasteiger partial charge in [-0.1, -0.05) is 0 Å². The molecule has 1 N–H and O–H groups in total. The van der Waals surface area contributed by atoms with E-state index in [1.54, 1.807) is 19.4 Å². The first kappa shape index (κ1) is 12.1. The van der Waals surface area contributed by atoms with E-state index in [0.29, 0.717) is 18.8 Å². The smallest absolute Gasteiger partial charge is 0.276 e. The van der Waals surface area contributed by atoms with Crippen molar-refractivity contribution in [1.82, 2.24) is 10.5 Å². The molecule has 1 rings (SSSR count). The molecule has 0 unspecified atom stereocenters. The molecule has 0 spiro atoms. The third-order valence-electron chi connectivity index (χ3n) is 1.52. The maximum atomic E-state index is 11.4. The number of carbonyl (C=O) groups excluding carboxylic acids is 1. The first-order chi connectivity index (χ1) is 7.24. The summed E-state index contributed by atoms with van der Waals surface area (Å²) in [5, 5.41) is 0. The predicted molar refractivity (Wildman–Crippen MR) is 57.2 cm³/mol. The number of methoxy groups -OCH3 is 1. The number of rotatable bonds is 5. The lowest BCUT2D eigenvalue weighted by Gasteiger charge is -2.04. The van der Waals surface area contributed by atoms with E-state index in [1.807, 2.05) is 0 Å². The maximum absolute atomic E-state index is 11.4. The van der Waals surface area contributed by atoms with Gasteiger partial charge in [0.2, 0.25) is 0 Å². The summed E-state index contributed by atoms with van der Waals surface area (Å²) >= 11 is 3.22. The molecular formula is C9H11BrN2O3. The Kier molecular flexibility index (Phi) is 5.23. The molecule has 0 fully saturated rings. The minimum absolute atomic E-state index is 0.309. The van der Waals surface area contributed by atoms with Crippen molar-refractivity contribution in [2.75, 3.05) is 20.3 Å². The molecule has 0 aliphatic carbocycles. The number of hydroxylamine groups is 1. The average Bonchev–Trinajstić information content (AvgIpc) is 2.24. The standard InChI is InChI=1S/C9H11BrN2O3/c1-14-2-3-15-12-9(13)7-4-8(10)6-11-5-7/h4-6H,2-3H2,1H3,(H,12,13). The van der Waals surface area contributed by atoms with Gasteiger partial charge in [-0.3, -0.25) is 14.6 Å². The molecule has 0 aliphatic rings. The van der Waals surface area contributed by atoms with Gasteiger partial charge in [-0.25, -0.2) is 5.48 Å². The third kappa shape index (κ3) is 4.37. The van der Waals surface area contributed by atoms with Gasteiger partial charge in [0, 0.05) is 24.0 Å². The molecule has 1 heterocycles. The summed E-state index contributed by atoms with van der Waals surface area (Å²) in [5.41, 5.74) is 2.71. The van der Waals surface area contributed by atoms with Gasteiger partial charge in [0.15, 0.2) is 0 Å². The van der Waals surface area contributed by atoms with E-state index in [2.05, 4.69) is 26.4 Å². The molecule has 1 aromatic heterocycles. The Labute approximate surface area is 95.9 Å². The highest BCUT2D eigenvalue weighted by molar-refractivity contribution is 9.10. The van der Waals surface area contributed by atoms with Gasteiger partial charge in [-0.15, -0.1) is 0 Å². The number of nitrogens with zero attached hydrogens (tertiary/aromatic N) is 1. The van der Waals surface area contributed by atoms with Crippen molar-refractivity contribution in [3.05, 3.63) is 28.5 Å². The molecule has 0 atom stereocenters. The number of amides is 1. The molecule has 0 aliphatic heterocycles. The zero-order valence-electron chi connectivity index (χ0n) is 8.20. The van der Waals surface area contributed by atoms with Crippen LogP contribution < -0.4 is 5.48 Å². The van der Waals surface area contributed by atoms with Crippen LogP contribution in [0, 0.1) is 0 Å². The lowest BCUT2D eigenvalue weighted by atomic mass is 10.3. The van der Waals surface area contributed by atoms with Crippen molar-refractivity contribution >= 4 is 21.8 Å². The van der Waals surface area contributed by atoms with Gasteiger partial charge in [-0.05, 0) is 22.0 Å². The van der Waals surface area contributed by atoms with E-state index >= 15 is 0 Å². The summed E-state index contributed by atoms with van der Waals surface area (Å²) in [6, 6.07) is 1.65. The van der Waals surface area contributed by atoms with Gasteiger partial charge < -0.3 is 4.74 Å². The quantitative estimate of drug-likeness (QED) is 0.647. The van der Waals surface area contributed by atoms with Gasteiger partial charge in [0.05, 0.1) is 18.8 Å². The molecule has 0 aromatic carbocycles. The van der Waals surface area contributed by atoms with Crippen LogP contribution in [0.5, 0.6) is 0 Å². The van der Waals surface area contributed by atoms with Gasteiger partial charge in [0.1, 0.15) is 0 Å². The molecule has 82 valence electrons. The van der Waals surface area contributed by atoms with Crippen LogP contribution in [-0.4, -0.2) is 31.2 Å². The Hall–Kier alpha value is -0.980. The Bertz CT molecular complexity index is 333. The van der Waals surface area contributed by atoms with Crippen LogP contribution in [-0.2, 0) is 9.57 Å². The molecule has 0 saturated carbocycles. The second-order valence-electron chi connectivity index (χ2n) is 2.66. The fraction of sp³-hybridized carbons (Fsp3) is 0.333. The Morgan fingerprint density at radius 3 is 3.00 bits per heavy atom. The van der Waals surface area contributed by atoms with Gasteiger partial charge in [-0.2, -0.15) is 0 Å². The maximum Gasteiger partial charge on any atom is 0.276 e. The number of nitrogens with one attached hydrogen (secondary N) is 1. The van der Waals surface area contributed by atoms with Crippen LogP contribution in [0.3, 0.4) is 0 Å². The highest BCUT2D eigenvalue weighted by Crippen LogP contribution is 2.09. The fourth-order valence-electron chi connectivity index (χ4n) is 0.837. The topological polar surface area (TPSA) is 60.5 Å². The molecule has 0 radical (unpaired) electrons. The number of carbonyl (C=O) groups is 1. The van der Waals surface area contributed by atoms with Crippen LogP contribution in [0.4, 0.5) is 0 Å². The molecule has 0 saturated heterocycles. The molecule has 6 heteroatoms. The normalized spacial score (nSPS) is 10.0. The van der Waals surface area contributed by atoms with Crippen LogP contribution in [0.2, 0.25) is 0 Å². The van der Waals surface area contributed by atoms with Crippen LogP contribution >= 0.6 is 15.9 Å². The lowest BCUT2D eigenvalue weighted by molar-refractivity contribution is 0.00886. The first-order valence-corrected chi connectivity index (χ1v) is 5.05. The summed E-state index contributed by atoms with van der Waals surface area (Å²) < 4.78 is 5.49. The van der Waals surface area contributed by atoms with E-state index in [1.165, 1.54) is 6.20 Å². The highest BCUT2D eigenvalue weighted by Gasteiger charge is 2.05. The Morgan fingerprint density at radius 1 is 1.53 bits per heavy atom. The zero-order chi connectivity index (χ0) is 11.1. The van der Waals surface area contributed by atoms with Gasteiger partial charge in [0.25, 0.3) is 5.91 Å². The summed E-state index contributed by atoms with van der Waals surface area (Å²) in [6.07, 6.45) is 3.06. The Balaban J connectivity index is 2.40. The molecule has 0 bridgehead atoms. The van der Waals surface area contributed by atoms with E-state index in [-0.39, 0.29) is 5.91 Å². The van der Waals surface area contributed by atoms with Crippen LogP contribution in [0.25, 0.3) is 0 Å².